The summed E-state index contributed by atoms with van der Waals surface area (Å²) in [6.45, 7) is 0.350. The van der Waals surface area contributed by atoms with E-state index in [0.717, 1.165) is 11.1 Å². The molecule has 1 unspecified atom stereocenters. The van der Waals surface area contributed by atoms with Crippen LogP contribution in [-0.2, 0) is 32.1 Å². The molecule has 30 heavy (non-hydrogen) atoms. The lowest BCUT2D eigenvalue weighted by Crippen LogP contribution is -2.49. The molecule has 158 valence electrons. The van der Waals surface area contributed by atoms with Gasteiger partial charge in [0.1, 0.15) is 18.8 Å². The van der Waals surface area contributed by atoms with Crippen molar-refractivity contribution in [3.05, 3.63) is 83.7 Å². The van der Waals surface area contributed by atoms with E-state index in [9.17, 15) is 9.59 Å². The predicted molar refractivity (Wildman–Crippen MR) is 110 cm³/mol. The number of amides is 2. The largest absolute Gasteiger partial charge is 0.481 e. The fraction of sp³-hybridized carbons (Fsp3) is 0.273. The second-order valence-electron chi connectivity index (χ2n) is 6.69. The fourth-order valence-corrected chi connectivity index (χ4v) is 2.87. The van der Waals surface area contributed by atoms with E-state index in [4.69, 9.17) is 14.3 Å². The van der Waals surface area contributed by atoms with Gasteiger partial charge in [0, 0.05) is 12.5 Å². The van der Waals surface area contributed by atoms with Crippen LogP contribution in [0.15, 0.2) is 72.6 Å². The zero-order valence-electron chi connectivity index (χ0n) is 16.7. The Bertz CT molecular complexity index is 858. The van der Waals surface area contributed by atoms with Crippen molar-refractivity contribution in [1.82, 2.24) is 16.1 Å². The van der Waals surface area contributed by atoms with Crippen molar-refractivity contribution in [2.45, 2.75) is 25.2 Å². The minimum absolute atomic E-state index is 0.124. The number of nitrogens with one attached hydrogen (secondary N) is 3. The standard InChI is InChI=1S/C22H25N3O5/c1-28-20-13-18(30-25-20)14-23-21(26)19(12-16-8-4-2-5-9-16)24-22(27)29-15-17-10-6-3-7-11-17/h2-11,13,18-19,25H,12,14-15H2,1H3,(H,23,26)(H,24,27)/t18?,19-/m0/s1. The van der Waals surface area contributed by atoms with Gasteiger partial charge in [-0.3, -0.25) is 9.63 Å². The van der Waals surface area contributed by atoms with E-state index >= 15 is 0 Å². The van der Waals surface area contributed by atoms with Gasteiger partial charge in [0.25, 0.3) is 0 Å². The van der Waals surface area contributed by atoms with Crippen LogP contribution in [0.1, 0.15) is 11.1 Å². The van der Waals surface area contributed by atoms with E-state index in [1.807, 2.05) is 60.7 Å². The molecule has 3 rings (SSSR count). The number of benzene rings is 2. The molecule has 2 atom stereocenters. The molecule has 8 heteroatoms. The number of hydrogen-bond donors (Lipinski definition) is 3. The minimum Gasteiger partial charge on any atom is -0.481 e. The Hall–Kier alpha value is -3.52. The number of alkyl carbamates (subject to hydrolysis) is 1. The van der Waals surface area contributed by atoms with E-state index < -0.39 is 12.1 Å². The monoisotopic (exact) mass is 411 g/mol. The van der Waals surface area contributed by atoms with E-state index in [2.05, 4.69) is 16.1 Å². The van der Waals surface area contributed by atoms with Gasteiger partial charge in [-0.15, -0.1) is 0 Å². The lowest BCUT2D eigenvalue weighted by atomic mass is 10.1. The Morgan fingerprint density at radius 1 is 1.07 bits per heavy atom. The first-order valence-corrected chi connectivity index (χ1v) is 9.60. The summed E-state index contributed by atoms with van der Waals surface area (Å²) in [5.41, 5.74) is 4.39. The zero-order chi connectivity index (χ0) is 21.2. The van der Waals surface area contributed by atoms with Gasteiger partial charge in [-0.25, -0.2) is 10.3 Å². The summed E-state index contributed by atoms with van der Waals surface area (Å²) in [7, 11) is 1.52. The average molecular weight is 411 g/mol. The third-order valence-electron chi connectivity index (χ3n) is 4.45. The van der Waals surface area contributed by atoms with E-state index in [1.165, 1.54) is 7.11 Å². The molecule has 2 aromatic rings. The molecule has 2 aromatic carbocycles. The van der Waals surface area contributed by atoms with Crippen LogP contribution in [0.5, 0.6) is 0 Å². The van der Waals surface area contributed by atoms with Crippen LogP contribution in [0.4, 0.5) is 4.79 Å². The van der Waals surface area contributed by atoms with Crippen molar-refractivity contribution in [3.63, 3.8) is 0 Å². The highest BCUT2D eigenvalue weighted by atomic mass is 16.7. The Morgan fingerprint density at radius 2 is 1.73 bits per heavy atom. The molecule has 0 aromatic heterocycles. The number of methoxy groups -OCH3 is 1. The van der Waals surface area contributed by atoms with Crippen LogP contribution in [0.25, 0.3) is 0 Å². The summed E-state index contributed by atoms with van der Waals surface area (Å²) in [6.07, 6.45) is 1.02. The van der Waals surface area contributed by atoms with Gasteiger partial charge < -0.3 is 20.1 Å². The number of carbonyl (C=O) groups is 2. The average Bonchev–Trinajstić information content (AvgIpc) is 3.25. The first-order valence-electron chi connectivity index (χ1n) is 9.60. The summed E-state index contributed by atoms with van der Waals surface area (Å²) in [4.78, 5) is 30.3. The Balaban J connectivity index is 1.57. The van der Waals surface area contributed by atoms with Crippen molar-refractivity contribution in [1.29, 1.82) is 0 Å². The van der Waals surface area contributed by atoms with Gasteiger partial charge in [-0.2, -0.15) is 0 Å². The number of hydrogen-bond acceptors (Lipinski definition) is 6. The third kappa shape index (κ3) is 6.52. The number of rotatable bonds is 9. The van der Waals surface area contributed by atoms with Crippen LogP contribution < -0.4 is 16.1 Å². The number of hydroxylamine groups is 1. The molecule has 1 aliphatic rings. The van der Waals surface area contributed by atoms with Gasteiger partial charge in [0.2, 0.25) is 11.8 Å². The van der Waals surface area contributed by atoms with Crippen LogP contribution in [0.3, 0.4) is 0 Å². The molecule has 0 saturated carbocycles. The highest BCUT2D eigenvalue weighted by molar-refractivity contribution is 5.86. The first-order chi connectivity index (χ1) is 14.6. The molecular weight excluding hydrogens is 386 g/mol. The predicted octanol–water partition coefficient (Wildman–Crippen LogP) is 2.03. The maximum absolute atomic E-state index is 12.8. The molecule has 0 radical (unpaired) electrons. The highest BCUT2D eigenvalue weighted by Crippen LogP contribution is 2.08. The summed E-state index contributed by atoms with van der Waals surface area (Å²) >= 11 is 0. The van der Waals surface area contributed by atoms with Crippen molar-refractivity contribution in [3.8, 4) is 0 Å². The van der Waals surface area contributed by atoms with Gasteiger partial charge in [-0.1, -0.05) is 60.7 Å². The summed E-state index contributed by atoms with van der Waals surface area (Å²) in [5, 5.41) is 5.46. The number of carbonyl (C=O) groups excluding carboxylic acids is 2. The molecule has 2 amide bonds. The third-order valence-corrected chi connectivity index (χ3v) is 4.45. The molecule has 0 fully saturated rings. The zero-order valence-corrected chi connectivity index (χ0v) is 16.7. The smallest absolute Gasteiger partial charge is 0.408 e. The second-order valence-corrected chi connectivity index (χ2v) is 6.69. The van der Waals surface area contributed by atoms with Gasteiger partial charge in [0.15, 0.2) is 0 Å². The topological polar surface area (TPSA) is 97.9 Å². The minimum atomic E-state index is -0.795. The quantitative estimate of drug-likeness (QED) is 0.584. The lowest BCUT2D eigenvalue weighted by Gasteiger charge is -2.19. The maximum Gasteiger partial charge on any atom is 0.408 e. The molecule has 1 heterocycles. The van der Waals surface area contributed by atoms with Crippen LogP contribution in [0, 0.1) is 0 Å². The van der Waals surface area contributed by atoms with Crippen molar-refractivity contribution in [2.75, 3.05) is 13.7 Å². The highest BCUT2D eigenvalue weighted by Gasteiger charge is 2.24. The summed E-state index contributed by atoms with van der Waals surface area (Å²) in [6, 6.07) is 18.0. The molecule has 0 spiro atoms. The van der Waals surface area contributed by atoms with Gasteiger partial charge in [-0.05, 0) is 11.1 Å². The van der Waals surface area contributed by atoms with Crippen molar-refractivity contribution >= 4 is 12.0 Å². The molecular formula is C22H25N3O5. The molecule has 0 aliphatic carbocycles. The molecule has 3 N–H and O–H groups in total. The second kappa shape index (κ2) is 10.9. The molecule has 1 aliphatic heterocycles. The molecule has 8 nitrogen and oxygen atoms in total. The van der Waals surface area contributed by atoms with Gasteiger partial charge in [0.05, 0.1) is 13.7 Å². The fourth-order valence-electron chi connectivity index (χ4n) is 2.87. The van der Waals surface area contributed by atoms with Crippen LogP contribution >= 0.6 is 0 Å². The summed E-state index contributed by atoms with van der Waals surface area (Å²) in [5.74, 6) is 0.149. The van der Waals surface area contributed by atoms with E-state index in [0.29, 0.717) is 12.3 Å². The van der Waals surface area contributed by atoms with Crippen LogP contribution in [0.2, 0.25) is 0 Å². The Kier molecular flexibility index (Phi) is 7.68. The van der Waals surface area contributed by atoms with Crippen molar-refractivity contribution < 1.29 is 23.9 Å². The van der Waals surface area contributed by atoms with E-state index in [1.54, 1.807) is 6.08 Å². The van der Waals surface area contributed by atoms with Crippen LogP contribution in [-0.4, -0.2) is 37.8 Å². The molecule has 0 saturated heterocycles. The Labute approximate surface area is 175 Å². The summed E-state index contributed by atoms with van der Waals surface area (Å²) < 4.78 is 10.3. The van der Waals surface area contributed by atoms with Gasteiger partial charge >= 0.3 is 6.09 Å². The molecule has 0 bridgehead atoms. The SMILES string of the molecule is COC1=CC(CNC(=O)[C@H](Cc2ccccc2)NC(=O)OCc2ccccc2)ON1. The Morgan fingerprint density at radius 3 is 2.37 bits per heavy atom. The van der Waals surface area contributed by atoms with E-state index in [-0.39, 0.29) is 25.2 Å². The lowest BCUT2D eigenvalue weighted by molar-refractivity contribution is -0.123. The first kappa shape index (κ1) is 21.2. The number of ether oxygens (including phenoxy) is 2. The normalized spacial score (nSPS) is 16.0. The maximum atomic E-state index is 12.8. The van der Waals surface area contributed by atoms with Crippen molar-refractivity contribution in [2.24, 2.45) is 0 Å².